The number of benzene rings is 2. The summed E-state index contributed by atoms with van der Waals surface area (Å²) in [7, 11) is 0. The van der Waals surface area contributed by atoms with Crippen molar-refractivity contribution in [2.75, 3.05) is 18.5 Å². The normalized spacial score (nSPS) is 15.4. The van der Waals surface area contributed by atoms with Gasteiger partial charge in [-0.15, -0.1) is 0 Å². The van der Waals surface area contributed by atoms with Gasteiger partial charge < -0.3 is 10.1 Å². The molecule has 1 aliphatic rings. The minimum atomic E-state index is -0.289. The van der Waals surface area contributed by atoms with E-state index in [0.717, 1.165) is 5.56 Å². The molecule has 3 aromatic rings. The van der Waals surface area contributed by atoms with Gasteiger partial charge in [-0.2, -0.15) is 0 Å². The predicted octanol–water partition coefficient (Wildman–Crippen LogP) is 4.15. The molecule has 0 aliphatic carbocycles. The summed E-state index contributed by atoms with van der Waals surface area (Å²) in [5.41, 5.74) is 2.25. The van der Waals surface area contributed by atoms with E-state index in [1.807, 2.05) is 36.4 Å². The van der Waals surface area contributed by atoms with E-state index >= 15 is 0 Å². The Morgan fingerprint density at radius 1 is 0.960 bits per heavy atom. The van der Waals surface area contributed by atoms with E-state index in [1.165, 1.54) is 0 Å². The molecule has 1 fully saturated rings. The number of nitrogens with zero attached hydrogens (tertiary/aromatic N) is 2. The van der Waals surface area contributed by atoms with Gasteiger partial charge in [0, 0.05) is 11.1 Å². The second kappa shape index (κ2) is 6.26. The molecule has 0 unspecified atom stereocenters. The Balaban J connectivity index is 1.64. The summed E-state index contributed by atoms with van der Waals surface area (Å²) < 4.78 is 20.2. The number of halogens is 1. The first-order chi connectivity index (χ1) is 12.1. The van der Waals surface area contributed by atoms with Crippen LogP contribution in [0.1, 0.15) is 6.92 Å². The molecule has 0 atom stereocenters. The lowest BCUT2D eigenvalue weighted by atomic mass is 10.0. The van der Waals surface area contributed by atoms with Crippen molar-refractivity contribution in [1.29, 1.82) is 0 Å². The third-order valence-corrected chi connectivity index (χ3v) is 4.28. The van der Waals surface area contributed by atoms with Crippen molar-refractivity contribution in [2.24, 2.45) is 0 Å². The zero-order chi connectivity index (χ0) is 17.3. The zero-order valence-corrected chi connectivity index (χ0v) is 13.9. The van der Waals surface area contributed by atoms with E-state index in [0.29, 0.717) is 35.9 Å². The van der Waals surface area contributed by atoms with Crippen molar-refractivity contribution in [3.05, 3.63) is 66.7 Å². The lowest BCUT2D eigenvalue weighted by Gasteiger charge is -2.39. The first-order valence-corrected chi connectivity index (χ1v) is 8.17. The van der Waals surface area contributed by atoms with E-state index in [2.05, 4.69) is 22.2 Å². The Morgan fingerprint density at radius 2 is 1.72 bits per heavy atom. The van der Waals surface area contributed by atoms with Gasteiger partial charge >= 0.3 is 0 Å². The highest BCUT2D eigenvalue weighted by Gasteiger charge is 2.33. The van der Waals surface area contributed by atoms with Gasteiger partial charge in [0.2, 0.25) is 0 Å². The fourth-order valence-electron chi connectivity index (χ4n) is 2.89. The average molecular weight is 335 g/mol. The highest BCUT2D eigenvalue weighted by atomic mass is 19.1. The first kappa shape index (κ1) is 15.7. The van der Waals surface area contributed by atoms with Crippen LogP contribution in [-0.4, -0.2) is 28.7 Å². The maximum absolute atomic E-state index is 15.0. The number of nitrogens with one attached hydrogen (secondary N) is 1. The van der Waals surface area contributed by atoms with Gasteiger partial charge in [-0.1, -0.05) is 42.5 Å². The lowest BCUT2D eigenvalue weighted by Crippen LogP contribution is -2.53. The smallest absolute Gasteiger partial charge is 0.145 e. The molecule has 0 amide bonds. The minimum Gasteiger partial charge on any atom is -0.376 e. The second-order valence-electron chi connectivity index (χ2n) is 6.50. The lowest BCUT2D eigenvalue weighted by molar-refractivity contribution is -0.0320. The van der Waals surface area contributed by atoms with Crippen LogP contribution in [0.15, 0.2) is 60.9 Å². The number of anilines is 1. The Hall–Kier alpha value is -2.79. The molecular formula is C20H18FN3O. The molecule has 1 aliphatic heterocycles. The molecule has 4 rings (SSSR count). The molecule has 25 heavy (non-hydrogen) atoms. The summed E-state index contributed by atoms with van der Waals surface area (Å²) in [6, 6.07) is 14.8. The van der Waals surface area contributed by atoms with Crippen molar-refractivity contribution < 1.29 is 9.13 Å². The second-order valence-corrected chi connectivity index (χ2v) is 6.50. The molecule has 1 N–H and O–H groups in total. The third kappa shape index (κ3) is 3.10. The largest absolute Gasteiger partial charge is 0.376 e. The summed E-state index contributed by atoms with van der Waals surface area (Å²) in [5.74, 6) is 0.372. The number of ether oxygens (including phenoxy) is 1. The monoisotopic (exact) mass is 335 g/mol. The van der Waals surface area contributed by atoms with Crippen LogP contribution in [0, 0.1) is 5.82 Å². The number of aromatic nitrogens is 2. The predicted molar refractivity (Wildman–Crippen MR) is 95.7 cm³/mol. The highest BCUT2D eigenvalue weighted by molar-refractivity contribution is 5.72. The maximum atomic E-state index is 15.0. The summed E-state index contributed by atoms with van der Waals surface area (Å²) >= 11 is 0. The molecule has 0 radical (unpaired) electrons. The van der Waals surface area contributed by atoms with Crippen LogP contribution in [0.5, 0.6) is 0 Å². The Morgan fingerprint density at radius 3 is 2.36 bits per heavy atom. The number of rotatable bonds is 4. The average Bonchev–Trinajstić information content (AvgIpc) is 2.62. The summed E-state index contributed by atoms with van der Waals surface area (Å²) in [6.07, 6.45) is 3.23. The maximum Gasteiger partial charge on any atom is 0.145 e. The molecule has 5 heteroatoms. The van der Waals surface area contributed by atoms with Gasteiger partial charge in [-0.25, -0.2) is 9.37 Å². The molecule has 2 heterocycles. The van der Waals surface area contributed by atoms with Crippen LogP contribution in [0.25, 0.3) is 22.4 Å². The van der Waals surface area contributed by atoms with E-state index < -0.39 is 0 Å². The van der Waals surface area contributed by atoms with Gasteiger partial charge in [0.1, 0.15) is 11.6 Å². The quantitative estimate of drug-likeness (QED) is 0.778. The van der Waals surface area contributed by atoms with Gasteiger partial charge in [0.15, 0.2) is 0 Å². The summed E-state index contributed by atoms with van der Waals surface area (Å²) in [5, 5.41) is 3.29. The number of hydrogen-bond acceptors (Lipinski definition) is 4. The third-order valence-electron chi connectivity index (χ3n) is 4.28. The van der Waals surface area contributed by atoms with Crippen molar-refractivity contribution in [3.8, 4) is 22.4 Å². The molecule has 0 bridgehead atoms. The first-order valence-electron chi connectivity index (χ1n) is 8.17. The Kier molecular flexibility index (Phi) is 3.93. The van der Waals surface area contributed by atoms with Crippen LogP contribution < -0.4 is 5.32 Å². The standard InChI is InChI=1S/C20H18FN3O/c1-20(12-25-13-20)24-18-11-22-17(10-23-18)16-9-5-8-15(19(16)21)14-6-3-2-4-7-14/h2-11H,12-13H2,1H3,(H,23,24). The van der Waals surface area contributed by atoms with Crippen LogP contribution in [0.4, 0.5) is 10.2 Å². The Labute approximate surface area is 145 Å². The van der Waals surface area contributed by atoms with Crippen LogP contribution >= 0.6 is 0 Å². The molecule has 4 nitrogen and oxygen atoms in total. The fraction of sp³-hybridized carbons (Fsp3) is 0.200. The van der Waals surface area contributed by atoms with Gasteiger partial charge in [0.25, 0.3) is 0 Å². The van der Waals surface area contributed by atoms with E-state index in [4.69, 9.17) is 4.74 Å². The summed E-state index contributed by atoms with van der Waals surface area (Å²) in [4.78, 5) is 8.75. The zero-order valence-electron chi connectivity index (χ0n) is 13.9. The van der Waals surface area contributed by atoms with Crippen LogP contribution in [0.3, 0.4) is 0 Å². The molecular weight excluding hydrogens is 317 g/mol. The SMILES string of the molecule is CC1(Nc2cnc(-c3cccc(-c4ccccc4)c3F)cn2)COC1. The van der Waals surface area contributed by atoms with E-state index in [9.17, 15) is 4.39 Å². The topological polar surface area (TPSA) is 47.0 Å². The summed E-state index contributed by atoms with van der Waals surface area (Å²) in [6.45, 7) is 3.35. The molecule has 2 aromatic carbocycles. The molecule has 0 saturated carbocycles. The van der Waals surface area contributed by atoms with E-state index in [-0.39, 0.29) is 11.4 Å². The Bertz CT molecular complexity index is 877. The van der Waals surface area contributed by atoms with E-state index in [1.54, 1.807) is 24.5 Å². The molecule has 0 spiro atoms. The van der Waals surface area contributed by atoms with Gasteiger partial charge in [0.05, 0.1) is 36.8 Å². The van der Waals surface area contributed by atoms with Gasteiger partial charge in [-0.05, 0) is 18.6 Å². The molecule has 1 aromatic heterocycles. The van der Waals surface area contributed by atoms with Gasteiger partial charge in [-0.3, -0.25) is 4.98 Å². The van der Waals surface area contributed by atoms with Crippen molar-refractivity contribution in [2.45, 2.75) is 12.5 Å². The fourth-order valence-corrected chi connectivity index (χ4v) is 2.89. The highest BCUT2D eigenvalue weighted by Crippen LogP contribution is 2.30. The van der Waals surface area contributed by atoms with Crippen molar-refractivity contribution >= 4 is 5.82 Å². The van der Waals surface area contributed by atoms with Crippen LogP contribution in [-0.2, 0) is 4.74 Å². The van der Waals surface area contributed by atoms with Crippen LogP contribution in [0.2, 0.25) is 0 Å². The molecule has 126 valence electrons. The minimum absolute atomic E-state index is 0.103. The molecule has 1 saturated heterocycles. The number of hydrogen-bond donors (Lipinski definition) is 1. The van der Waals surface area contributed by atoms with Crippen molar-refractivity contribution in [1.82, 2.24) is 9.97 Å². The van der Waals surface area contributed by atoms with Crippen molar-refractivity contribution in [3.63, 3.8) is 0 Å².